The topological polar surface area (TPSA) is 93.8 Å². The van der Waals surface area contributed by atoms with Crippen LogP contribution in [0.4, 0.5) is 5.69 Å². The van der Waals surface area contributed by atoms with Crippen molar-refractivity contribution in [2.24, 2.45) is 5.10 Å². The van der Waals surface area contributed by atoms with E-state index in [1.165, 1.54) is 18.2 Å². The van der Waals surface area contributed by atoms with Crippen molar-refractivity contribution in [2.75, 3.05) is 6.61 Å². The summed E-state index contributed by atoms with van der Waals surface area (Å²) in [7, 11) is 0. The highest BCUT2D eigenvalue weighted by molar-refractivity contribution is 6.30. The number of benzene rings is 2. The minimum atomic E-state index is -0.573. The maximum atomic E-state index is 11.8. The second-order valence-corrected chi connectivity index (χ2v) is 5.19. The number of nitro benzene ring substituents is 1. The fourth-order valence-electron chi connectivity index (χ4n) is 1.81. The fraction of sp³-hybridized carbons (Fsp3) is 0.125. The lowest BCUT2D eigenvalue weighted by molar-refractivity contribution is -0.385. The molecule has 0 heterocycles. The van der Waals surface area contributed by atoms with E-state index in [1.54, 1.807) is 37.3 Å². The second kappa shape index (κ2) is 8.07. The van der Waals surface area contributed by atoms with Gasteiger partial charge in [-0.15, -0.1) is 0 Å². The SMILES string of the molecule is C/C(=N\NC(=O)COc1ccccc1[N+](=O)[O-])c1ccc(Cl)cc1. The number of carbonyl (C=O) groups is 1. The first-order valence-corrected chi connectivity index (χ1v) is 7.30. The standard InChI is InChI=1S/C16H14ClN3O4/c1-11(12-6-8-13(17)9-7-12)18-19-16(21)10-24-15-5-3-2-4-14(15)20(22)23/h2-9H,10H2,1H3,(H,19,21)/b18-11+. The average molecular weight is 348 g/mol. The molecule has 2 rings (SSSR count). The zero-order chi connectivity index (χ0) is 17.5. The molecule has 0 atom stereocenters. The molecule has 0 aliphatic heterocycles. The molecule has 24 heavy (non-hydrogen) atoms. The quantitative estimate of drug-likeness (QED) is 0.493. The van der Waals surface area contributed by atoms with E-state index in [1.807, 2.05) is 0 Å². The number of nitro groups is 1. The Bertz CT molecular complexity index is 775. The van der Waals surface area contributed by atoms with Crippen molar-refractivity contribution in [3.63, 3.8) is 0 Å². The molecule has 0 aliphatic rings. The zero-order valence-corrected chi connectivity index (χ0v) is 13.5. The number of carbonyl (C=O) groups excluding carboxylic acids is 1. The summed E-state index contributed by atoms with van der Waals surface area (Å²) in [6.45, 7) is 1.34. The molecular formula is C16H14ClN3O4. The van der Waals surface area contributed by atoms with Crippen molar-refractivity contribution in [3.8, 4) is 5.75 Å². The Morgan fingerprint density at radius 2 is 1.92 bits per heavy atom. The molecule has 1 amide bonds. The van der Waals surface area contributed by atoms with Crippen LogP contribution >= 0.6 is 11.6 Å². The van der Waals surface area contributed by atoms with E-state index < -0.39 is 10.8 Å². The van der Waals surface area contributed by atoms with Crippen molar-refractivity contribution in [1.29, 1.82) is 0 Å². The number of hydrazone groups is 1. The third-order valence-electron chi connectivity index (χ3n) is 3.03. The summed E-state index contributed by atoms with van der Waals surface area (Å²) in [4.78, 5) is 22.0. The highest BCUT2D eigenvalue weighted by atomic mass is 35.5. The third kappa shape index (κ3) is 4.79. The lowest BCUT2D eigenvalue weighted by Crippen LogP contribution is -2.25. The van der Waals surface area contributed by atoms with Crippen LogP contribution in [0.2, 0.25) is 5.02 Å². The molecule has 0 radical (unpaired) electrons. The number of hydrogen-bond donors (Lipinski definition) is 1. The summed E-state index contributed by atoms with van der Waals surface area (Å²) in [5.41, 5.74) is 3.53. The maximum Gasteiger partial charge on any atom is 0.310 e. The molecule has 0 bridgehead atoms. The molecule has 0 aliphatic carbocycles. The van der Waals surface area contributed by atoms with E-state index in [0.29, 0.717) is 10.7 Å². The number of nitrogens with one attached hydrogen (secondary N) is 1. The van der Waals surface area contributed by atoms with Crippen LogP contribution in [0.15, 0.2) is 53.6 Å². The molecule has 124 valence electrons. The molecule has 2 aromatic carbocycles. The Kier molecular flexibility index (Phi) is 5.86. The molecule has 0 saturated carbocycles. The molecule has 0 spiro atoms. The highest BCUT2D eigenvalue weighted by Gasteiger charge is 2.14. The number of nitrogens with zero attached hydrogens (tertiary/aromatic N) is 2. The minimum Gasteiger partial charge on any atom is -0.477 e. The van der Waals surface area contributed by atoms with E-state index in [4.69, 9.17) is 16.3 Å². The Balaban J connectivity index is 1.93. The maximum absolute atomic E-state index is 11.8. The van der Waals surface area contributed by atoms with Crippen LogP contribution in [0, 0.1) is 10.1 Å². The third-order valence-corrected chi connectivity index (χ3v) is 3.28. The van der Waals surface area contributed by atoms with E-state index in [-0.39, 0.29) is 18.0 Å². The van der Waals surface area contributed by atoms with Crippen molar-refractivity contribution in [3.05, 3.63) is 69.2 Å². The average Bonchev–Trinajstić information content (AvgIpc) is 2.58. The summed E-state index contributed by atoms with van der Waals surface area (Å²) in [6.07, 6.45) is 0. The summed E-state index contributed by atoms with van der Waals surface area (Å²) >= 11 is 5.80. The number of halogens is 1. The van der Waals surface area contributed by atoms with Crippen LogP contribution in [0.1, 0.15) is 12.5 Å². The highest BCUT2D eigenvalue weighted by Crippen LogP contribution is 2.25. The first-order valence-electron chi connectivity index (χ1n) is 6.92. The van der Waals surface area contributed by atoms with Crippen molar-refractivity contribution >= 4 is 28.9 Å². The molecular weight excluding hydrogens is 334 g/mol. The van der Waals surface area contributed by atoms with E-state index in [9.17, 15) is 14.9 Å². The predicted octanol–water partition coefficient (Wildman–Crippen LogP) is 3.17. The molecule has 2 aromatic rings. The summed E-state index contributed by atoms with van der Waals surface area (Å²) in [5, 5.41) is 15.4. The Hall–Kier alpha value is -2.93. The summed E-state index contributed by atoms with van der Waals surface area (Å²) < 4.78 is 5.17. The van der Waals surface area contributed by atoms with Gasteiger partial charge in [0.25, 0.3) is 5.91 Å². The van der Waals surface area contributed by atoms with Crippen molar-refractivity contribution in [2.45, 2.75) is 6.92 Å². The monoisotopic (exact) mass is 347 g/mol. The number of rotatable bonds is 6. The van der Waals surface area contributed by atoms with E-state index >= 15 is 0 Å². The molecule has 0 saturated heterocycles. The van der Waals surface area contributed by atoms with Gasteiger partial charge in [-0.3, -0.25) is 14.9 Å². The number of amides is 1. The molecule has 1 N–H and O–H groups in total. The number of ether oxygens (including phenoxy) is 1. The lowest BCUT2D eigenvalue weighted by atomic mass is 10.1. The van der Waals surface area contributed by atoms with Crippen LogP contribution in [-0.4, -0.2) is 23.1 Å². The van der Waals surface area contributed by atoms with Gasteiger partial charge in [-0.05, 0) is 30.7 Å². The summed E-state index contributed by atoms with van der Waals surface area (Å²) in [6, 6.07) is 12.8. The van der Waals surface area contributed by atoms with Gasteiger partial charge in [-0.1, -0.05) is 35.9 Å². The van der Waals surface area contributed by atoms with Crippen LogP contribution in [0.25, 0.3) is 0 Å². The number of hydrogen-bond acceptors (Lipinski definition) is 5. The first-order chi connectivity index (χ1) is 11.5. The largest absolute Gasteiger partial charge is 0.477 e. The van der Waals surface area contributed by atoms with E-state index in [2.05, 4.69) is 10.5 Å². The van der Waals surface area contributed by atoms with Crippen LogP contribution in [0.3, 0.4) is 0 Å². The van der Waals surface area contributed by atoms with Gasteiger partial charge < -0.3 is 4.74 Å². The Morgan fingerprint density at radius 3 is 2.58 bits per heavy atom. The fourth-order valence-corrected chi connectivity index (χ4v) is 1.93. The molecule has 7 nitrogen and oxygen atoms in total. The van der Waals surface area contributed by atoms with Crippen molar-refractivity contribution in [1.82, 2.24) is 5.43 Å². The molecule has 8 heteroatoms. The molecule has 0 fully saturated rings. The van der Waals surface area contributed by atoms with Gasteiger partial charge in [0.1, 0.15) is 0 Å². The zero-order valence-electron chi connectivity index (χ0n) is 12.7. The van der Waals surface area contributed by atoms with Gasteiger partial charge in [-0.2, -0.15) is 5.10 Å². The van der Waals surface area contributed by atoms with Crippen molar-refractivity contribution < 1.29 is 14.5 Å². The van der Waals surface area contributed by atoms with Crippen LogP contribution < -0.4 is 10.2 Å². The minimum absolute atomic E-state index is 0.0241. The van der Waals surface area contributed by atoms with Gasteiger partial charge in [-0.25, -0.2) is 5.43 Å². The van der Waals surface area contributed by atoms with Gasteiger partial charge in [0.2, 0.25) is 0 Å². The van der Waals surface area contributed by atoms with Gasteiger partial charge in [0, 0.05) is 11.1 Å². The van der Waals surface area contributed by atoms with E-state index in [0.717, 1.165) is 5.56 Å². The lowest BCUT2D eigenvalue weighted by Gasteiger charge is -2.06. The molecule has 0 unspecified atom stereocenters. The number of para-hydroxylation sites is 2. The molecule has 0 aromatic heterocycles. The normalized spacial score (nSPS) is 11.0. The smallest absolute Gasteiger partial charge is 0.310 e. The first kappa shape index (κ1) is 17.4. The van der Waals surface area contributed by atoms with Gasteiger partial charge in [0.05, 0.1) is 10.6 Å². The van der Waals surface area contributed by atoms with Gasteiger partial charge >= 0.3 is 5.69 Å². The Labute approximate surface area is 143 Å². The van der Waals surface area contributed by atoms with Gasteiger partial charge in [0.15, 0.2) is 12.4 Å². The summed E-state index contributed by atoms with van der Waals surface area (Å²) in [5.74, 6) is -0.502. The van der Waals surface area contributed by atoms with Crippen LogP contribution in [0.5, 0.6) is 5.75 Å². The second-order valence-electron chi connectivity index (χ2n) is 4.75. The Morgan fingerprint density at radius 1 is 1.25 bits per heavy atom. The predicted molar refractivity (Wildman–Crippen MR) is 90.4 cm³/mol. The van der Waals surface area contributed by atoms with Crippen LogP contribution in [-0.2, 0) is 4.79 Å².